The molecule has 2 rings (SSSR count). The molecular weight excluding hydrogens is 216 g/mol. The molecule has 0 aliphatic carbocycles. The van der Waals surface area contributed by atoms with Crippen LogP contribution in [0.25, 0.3) is 0 Å². The van der Waals surface area contributed by atoms with Crippen LogP contribution in [-0.2, 0) is 9.59 Å². The fourth-order valence-electron chi connectivity index (χ4n) is 2.09. The second-order valence-corrected chi connectivity index (χ2v) is 5.23. The normalized spacial score (nSPS) is 19.5. The third-order valence-corrected chi connectivity index (χ3v) is 2.91. The maximum atomic E-state index is 12.0. The average molecular weight is 232 g/mol. The molecule has 1 aliphatic heterocycles. The Hall–Kier alpha value is -1.84. The Labute approximate surface area is 100 Å². The minimum absolute atomic E-state index is 0.143. The van der Waals surface area contributed by atoms with Crippen molar-refractivity contribution in [1.29, 1.82) is 0 Å². The summed E-state index contributed by atoms with van der Waals surface area (Å²) in [6.45, 7) is 3.87. The first-order chi connectivity index (χ1) is 7.89. The molecule has 1 saturated heterocycles. The lowest BCUT2D eigenvalue weighted by Crippen LogP contribution is -2.46. The van der Waals surface area contributed by atoms with Crippen molar-refractivity contribution in [3.63, 3.8) is 0 Å². The zero-order valence-corrected chi connectivity index (χ0v) is 10.1. The van der Waals surface area contributed by atoms with Crippen LogP contribution in [0.3, 0.4) is 0 Å². The van der Waals surface area contributed by atoms with E-state index < -0.39 is 0 Å². The Morgan fingerprint density at radius 2 is 1.53 bits per heavy atom. The average Bonchev–Trinajstić information content (AvgIpc) is 2.18. The zero-order chi connectivity index (χ0) is 12.6. The lowest BCUT2D eigenvalue weighted by molar-refractivity contribution is -0.132. The zero-order valence-electron chi connectivity index (χ0n) is 10.1. The SMILES string of the molecule is CC1(C)CC(=O)N(c2ccc(N)cc2)C(=O)C1. The van der Waals surface area contributed by atoms with E-state index in [0.717, 1.165) is 0 Å². The molecule has 0 atom stereocenters. The van der Waals surface area contributed by atoms with Crippen molar-refractivity contribution in [2.24, 2.45) is 5.41 Å². The second kappa shape index (κ2) is 3.87. The van der Waals surface area contributed by atoms with Crippen molar-refractivity contribution in [3.05, 3.63) is 24.3 Å². The van der Waals surface area contributed by atoms with Gasteiger partial charge in [0, 0.05) is 18.5 Å². The molecule has 0 bridgehead atoms. The van der Waals surface area contributed by atoms with Crippen LogP contribution in [-0.4, -0.2) is 11.8 Å². The molecule has 2 N–H and O–H groups in total. The molecule has 1 fully saturated rings. The topological polar surface area (TPSA) is 63.4 Å². The molecule has 0 spiro atoms. The van der Waals surface area contributed by atoms with Gasteiger partial charge in [0.15, 0.2) is 0 Å². The number of carbonyl (C=O) groups is 2. The molecule has 0 saturated carbocycles. The number of rotatable bonds is 1. The number of nitrogen functional groups attached to an aromatic ring is 1. The van der Waals surface area contributed by atoms with E-state index in [9.17, 15) is 9.59 Å². The maximum Gasteiger partial charge on any atom is 0.234 e. The van der Waals surface area contributed by atoms with Crippen molar-refractivity contribution in [2.45, 2.75) is 26.7 Å². The van der Waals surface area contributed by atoms with Crippen molar-refractivity contribution in [2.75, 3.05) is 10.6 Å². The molecule has 90 valence electrons. The summed E-state index contributed by atoms with van der Waals surface area (Å²) in [5, 5.41) is 0. The van der Waals surface area contributed by atoms with Crippen LogP contribution in [0.4, 0.5) is 11.4 Å². The molecule has 1 aromatic carbocycles. The van der Waals surface area contributed by atoms with Gasteiger partial charge in [-0.3, -0.25) is 14.5 Å². The van der Waals surface area contributed by atoms with Crippen LogP contribution >= 0.6 is 0 Å². The molecule has 4 heteroatoms. The van der Waals surface area contributed by atoms with E-state index in [1.54, 1.807) is 24.3 Å². The number of hydrogen-bond donors (Lipinski definition) is 1. The number of imide groups is 1. The van der Waals surface area contributed by atoms with Crippen LogP contribution in [0.2, 0.25) is 0 Å². The number of carbonyl (C=O) groups excluding carboxylic acids is 2. The monoisotopic (exact) mass is 232 g/mol. The predicted octanol–water partition coefficient (Wildman–Crippen LogP) is 1.95. The van der Waals surface area contributed by atoms with Crippen LogP contribution in [0.5, 0.6) is 0 Å². The number of benzene rings is 1. The summed E-state index contributed by atoms with van der Waals surface area (Å²) in [4.78, 5) is 25.2. The van der Waals surface area contributed by atoms with Crippen LogP contribution in [0.15, 0.2) is 24.3 Å². The van der Waals surface area contributed by atoms with Crippen LogP contribution in [0.1, 0.15) is 26.7 Å². The van der Waals surface area contributed by atoms with Gasteiger partial charge in [-0.1, -0.05) is 13.8 Å². The van der Waals surface area contributed by atoms with E-state index >= 15 is 0 Å². The smallest absolute Gasteiger partial charge is 0.234 e. The third kappa shape index (κ3) is 2.30. The molecule has 0 aromatic heterocycles. The Kier molecular flexibility index (Phi) is 2.65. The van der Waals surface area contributed by atoms with Crippen LogP contribution in [0, 0.1) is 5.41 Å². The van der Waals surface area contributed by atoms with Gasteiger partial charge in [0.25, 0.3) is 0 Å². The van der Waals surface area contributed by atoms with Gasteiger partial charge in [-0.05, 0) is 29.7 Å². The summed E-state index contributed by atoms with van der Waals surface area (Å²) >= 11 is 0. The molecule has 0 unspecified atom stereocenters. The van der Waals surface area contributed by atoms with Gasteiger partial charge in [0.1, 0.15) is 0 Å². The number of amides is 2. The number of piperidine rings is 1. The Bertz CT molecular complexity index is 443. The minimum atomic E-state index is -0.238. The van der Waals surface area contributed by atoms with E-state index in [4.69, 9.17) is 5.73 Å². The summed E-state index contributed by atoms with van der Waals surface area (Å²) in [6, 6.07) is 6.78. The molecule has 1 aromatic rings. The molecule has 17 heavy (non-hydrogen) atoms. The van der Waals surface area contributed by atoms with E-state index in [2.05, 4.69) is 0 Å². The first kappa shape index (κ1) is 11.6. The highest BCUT2D eigenvalue weighted by atomic mass is 16.2. The Morgan fingerprint density at radius 1 is 1.06 bits per heavy atom. The first-order valence-electron chi connectivity index (χ1n) is 5.60. The highest BCUT2D eigenvalue weighted by molar-refractivity contribution is 6.16. The third-order valence-electron chi connectivity index (χ3n) is 2.91. The van der Waals surface area contributed by atoms with E-state index in [1.807, 2.05) is 13.8 Å². The number of nitrogens with zero attached hydrogens (tertiary/aromatic N) is 1. The maximum absolute atomic E-state index is 12.0. The predicted molar refractivity (Wildman–Crippen MR) is 66.4 cm³/mol. The summed E-state index contributed by atoms with van der Waals surface area (Å²) in [5.74, 6) is -0.285. The summed E-state index contributed by atoms with van der Waals surface area (Å²) in [7, 11) is 0. The van der Waals surface area contributed by atoms with Gasteiger partial charge in [-0.2, -0.15) is 0 Å². The second-order valence-electron chi connectivity index (χ2n) is 5.23. The van der Waals surface area contributed by atoms with Crippen LogP contribution < -0.4 is 10.6 Å². The van der Waals surface area contributed by atoms with Gasteiger partial charge in [0.2, 0.25) is 11.8 Å². The Balaban J connectivity index is 2.30. The highest BCUT2D eigenvalue weighted by Gasteiger charge is 2.37. The van der Waals surface area contributed by atoms with Crippen molar-refractivity contribution in [1.82, 2.24) is 0 Å². The fraction of sp³-hybridized carbons (Fsp3) is 0.385. The Morgan fingerprint density at radius 3 is 2.00 bits per heavy atom. The van der Waals surface area contributed by atoms with E-state index in [-0.39, 0.29) is 17.2 Å². The number of nitrogens with two attached hydrogens (primary N) is 1. The van der Waals surface area contributed by atoms with Gasteiger partial charge in [0.05, 0.1) is 5.69 Å². The fourth-order valence-corrected chi connectivity index (χ4v) is 2.09. The molecule has 1 aliphatic rings. The molecule has 1 heterocycles. The summed E-state index contributed by atoms with van der Waals surface area (Å²) in [5.41, 5.74) is 6.56. The van der Waals surface area contributed by atoms with Gasteiger partial charge in [-0.15, -0.1) is 0 Å². The van der Waals surface area contributed by atoms with Crippen molar-refractivity contribution in [3.8, 4) is 0 Å². The molecule has 2 amide bonds. The quantitative estimate of drug-likeness (QED) is 0.594. The molecule has 0 radical (unpaired) electrons. The van der Waals surface area contributed by atoms with Gasteiger partial charge >= 0.3 is 0 Å². The molecular formula is C13H16N2O2. The van der Waals surface area contributed by atoms with E-state index in [1.165, 1.54) is 4.90 Å². The first-order valence-corrected chi connectivity index (χ1v) is 5.60. The van der Waals surface area contributed by atoms with Crippen molar-refractivity contribution >= 4 is 23.2 Å². The van der Waals surface area contributed by atoms with Gasteiger partial charge < -0.3 is 5.73 Å². The number of anilines is 2. The van der Waals surface area contributed by atoms with Crippen molar-refractivity contribution < 1.29 is 9.59 Å². The minimum Gasteiger partial charge on any atom is -0.399 e. The highest BCUT2D eigenvalue weighted by Crippen LogP contribution is 2.34. The largest absolute Gasteiger partial charge is 0.399 e. The number of hydrogen-bond acceptors (Lipinski definition) is 3. The standard InChI is InChI=1S/C13H16N2O2/c1-13(2)7-11(16)15(12(17)8-13)10-5-3-9(14)4-6-10/h3-6H,7-8,14H2,1-2H3. The van der Waals surface area contributed by atoms with Gasteiger partial charge in [-0.25, -0.2) is 0 Å². The summed E-state index contributed by atoms with van der Waals surface area (Å²) < 4.78 is 0. The lowest BCUT2D eigenvalue weighted by Gasteiger charge is -2.34. The van der Waals surface area contributed by atoms with E-state index in [0.29, 0.717) is 24.2 Å². The summed E-state index contributed by atoms with van der Waals surface area (Å²) in [6.07, 6.45) is 0.784. The molecule has 4 nitrogen and oxygen atoms in total. The lowest BCUT2D eigenvalue weighted by atomic mass is 9.81.